The number of aromatic nitrogens is 3. The average molecular weight is 844 g/mol. The van der Waals surface area contributed by atoms with Crippen LogP contribution in [0, 0.1) is 23.7 Å². The van der Waals surface area contributed by atoms with Gasteiger partial charge in [0.25, 0.3) is 5.91 Å². The number of benzene rings is 4. The lowest BCUT2D eigenvalue weighted by atomic mass is 9.90. The van der Waals surface area contributed by atoms with Gasteiger partial charge in [-0.3, -0.25) is 29.6 Å². The molecule has 0 saturated carbocycles. The molecule has 0 radical (unpaired) electrons. The molecule has 0 aliphatic carbocycles. The molecule has 64 heavy (non-hydrogen) atoms. The number of amides is 3. The van der Waals surface area contributed by atoms with Gasteiger partial charge >= 0.3 is 0 Å². The summed E-state index contributed by atoms with van der Waals surface area (Å²) in [5.41, 5.74) is 9.33. The number of rotatable bonds is 9. The highest BCUT2D eigenvalue weighted by molar-refractivity contribution is 6.01. The second-order valence-electron chi connectivity index (χ2n) is 16.6. The van der Waals surface area contributed by atoms with Gasteiger partial charge < -0.3 is 9.80 Å². The Balaban J connectivity index is 0.691. The second-order valence-corrected chi connectivity index (χ2v) is 16.6. The van der Waals surface area contributed by atoms with E-state index >= 15 is 0 Å². The van der Waals surface area contributed by atoms with Crippen LogP contribution < -0.4 is 5.32 Å². The molecule has 6 aromatic rings. The van der Waals surface area contributed by atoms with Crippen LogP contribution in [0.5, 0.6) is 0 Å². The Kier molecular flexibility index (Phi) is 13.1. The summed E-state index contributed by atoms with van der Waals surface area (Å²) in [7, 11) is 0. The summed E-state index contributed by atoms with van der Waals surface area (Å²) in [5, 5.41) is 3.48. The van der Waals surface area contributed by atoms with Crippen molar-refractivity contribution in [3.63, 3.8) is 0 Å². The first kappa shape index (κ1) is 42.1. The average Bonchev–Trinajstić information content (AvgIpc) is 3.33. The number of hydrogen-bond donors (Lipinski definition) is 1. The molecule has 1 atom stereocenters. The number of piperazine rings is 1. The maximum absolute atomic E-state index is 13.6. The second kappa shape index (κ2) is 19.9. The van der Waals surface area contributed by atoms with Crippen LogP contribution in [0.1, 0.15) is 81.0 Å². The first-order chi connectivity index (χ1) is 31.4. The van der Waals surface area contributed by atoms with Crippen molar-refractivity contribution < 1.29 is 14.4 Å². The Morgan fingerprint density at radius 1 is 0.750 bits per heavy atom. The number of imide groups is 1. The third-order valence-electron chi connectivity index (χ3n) is 12.2. The number of piperidine rings is 1. The van der Waals surface area contributed by atoms with Gasteiger partial charge in [-0.25, -0.2) is 9.97 Å². The van der Waals surface area contributed by atoms with E-state index in [0.717, 1.165) is 114 Å². The molecule has 10 heteroatoms. The zero-order chi connectivity index (χ0) is 43.7. The molecule has 3 aliphatic rings. The lowest BCUT2D eigenvalue weighted by Gasteiger charge is -2.33. The number of para-hydroxylation sites is 1. The molecule has 9 rings (SSSR count). The van der Waals surface area contributed by atoms with Crippen molar-refractivity contribution in [2.24, 2.45) is 0 Å². The molecule has 2 saturated heterocycles. The minimum atomic E-state index is -0.289. The van der Waals surface area contributed by atoms with Crippen LogP contribution in [0.15, 0.2) is 116 Å². The van der Waals surface area contributed by atoms with E-state index < -0.39 is 0 Å². The third kappa shape index (κ3) is 10.5. The van der Waals surface area contributed by atoms with Crippen molar-refractivity contribution in [3.8, 4) is 35.1 Å². The fraction of sp³-hybridized carbons (Fsp3) is 0.259. The van der Waals surface area contributed by atoms with Gasteiger partial charge in [0, 0.05) is 85.6 Å². The van der Waals surface area contributed by atoms with Crippen LogP contribution in [-0.2, 0) is 22.6 Å². The molecule has 4 aromatic carbocycles. The van der Waals surface area contributed by atoms with Gasteiger partial charge in [-0.15, -0.1) is 0 Å². The zero-order valence-electron chi connectivity index (χ0n) is 35.8. The number of fused-ring (bicyclic) bond motifs is 2. The number of hydrogen-bond acceptors (Lipinski definition) is 8. The van der Waals surface area contributed by atoms with Crippen LogP contribution in [-0.4, -0.2) is 93.2 Å². The predicted molar refractivity (Wildman–Crippen MR) is 250 cm³/mol. The highest BCUT2D eigenvalue weighted by atomic mass is 16.2. The minimum Gasteiger partial charge on any atom is -0.332 e. The van der Waals surface area contributed by atoms with Crippen LogP contribution in [0.4, 0.5) is 0 Å². The number of carbonyl (C=O) groups excluding carboxylic acids is 3. The molecule has 5 heterocycles. The number of unbranched alkanes of at least 4 members (excludes halogenated alkanes) is 1. The summed E-state index contributed by atoms with van der Waals surface area (Å²) < 4.78 is 0. The summed E-state index contributed by atoms with van der Waals surface area (Å²) >= 11 is 0. The summed E-state index contributed by atoms with van der Waals surface area (Å²) in [4.78, 5) is 58.2. The van der Waals surface area contributed by atoms with Crippen LogP contribution in [0.3, 0.4) is 0 Å². The third-order valence-corrected chi connectivity index (χ3v) is 12.2. The SMILES string of the molecule is O=C1CCC(c2cccc(C#CCCCN3CCN(CC#Cc4ccc(/C=C/c5ccc(C(=O)N6CCc7cnc(-c8cnc9ccccc9c8)nc7C6)cc5)cc4)CC3)c2)C(=O)N1. The van der Waals surface area contributed by atoms with Crippen molar-refractivity contribution >= 4 is 40.8 Å². The zero-order valence-corrected chi connectivity index (χ0v) is 35.8. The van der Waals surface area contributed by atoms with E-state index in [-0.39, 0.29) is 23.6 Å². The molecule has 318 valence electrons. The first-order valence-corrected chi connectivity index (χ1v) is 22.1. The van der Waals surface area contributed by atoms with E-state index in [1.54, 1.807) is 0 Å². The number of pyridine rings is 1. The van der Waals surface area contributed by atoms with E-state index in [4.69, 9.17) is 4.98 Å². The van der Waals surface area contributed by atoms with Gasteiger partial charge in [-0.2, -0.15) is 0 Å². The Morgan fingerprint density at radius 2 is 1.52 bits per heavy atom. The van der Waals surface area contributed by atoms with Crippen LogP contribution >= 0.6 is 0 Å². The topological polar surface area (TPSA) is 112 Å². The smallest absolute Gasteiger partial charge is 0.254 e. The van der Waals surface area contributed by atoms with E-state index in [0.29, 0.717) is 37.3 Å². The number of nitrogens with zero attached hydrogens (tertiary/aromatic N) is 6. The number of nitrogens with one attached hydrogen (secondary N) is 1. The molecular weight excluding hydrogens is 795 g/mol. The summed E-state index contributed by atoms with van der Waals surface area (Å²) in [6, 6.07) is 33.9. The molecule has 1 N–H and O–H groups in total. The van der Waals surface area contributed by atoms with Crippen molar-refractivity contribution in [1.29, 1.82) is 0 Å². The molecule has 10 nitrogen and oxygen atoms in total. The minimum absolute atomic E-state index is 0.00308. The Morgan fingerprint density at radius 3 is 2.33 bits per heavy atom. The highest BCUT2D eigenvalue weighted by Crippen LogP contribution is 2.26. The first-order valence-electron chi connectivity index (χ1n) is 22.1. The lowest BCUT2D eigenvalue weighted by molar-refractivity contribution is -0.134. The van der Waals surface area contributed by atoms with Gasteiger partial charge in [-0.1, -0.05) is 90.4 Å². The molecule has 1 unspecified atom stereocenters. The Bertz CT molecular complexity index is 2840. The van der Waals surface area contributed by atoms with Gasteiger partial charge in [0.15, 0.2) is 5.82 Å². The molecule has 0 bridgehead atoms. The summed E-state index contributed by atoms with van der Waals surface area (Å²) in [6.45, 7) is 6.90. The summed E-state index contributed by atoms with van der Waals surface area (Å²) in [6.07, 6.45) is 11.3. The van der Waals surface area contributed by atoms with Crippen molar-refractivity contribution in [2.45, 2.75) is 44.6 Å². The summed E-state index contributed by atoms with van der Waals surface area (Å²) in [5.74, 6) is 13.2. The quantitative estimate of drug-likeness (QED) is 0.0695. The molecular formula is C54H49N7O3. The maximum atomic E-state index is 13.6. The van der Waals surface area contributed by atoms with E-state index in [1.165, 1.54) is 0 Å². The largest absolute Gasteiger partial charge is 0.332 e. The van der Waals surface area contributed by atoms with Crippen molar-refractivity contribution in [2.75, 3.05) is 45.8 Å². The van der Waals surface area contributed by atoms with Gasteiger partial charge in [-0.05, 0) is 96.6 Å². The van der Waals surface area contributed by atoms with Crippen molar-refractivity contribution in [3.05, 3.63) is 160 Å². The molecule has 0 spiro atoms. The van der Waals surface area contributed by atoms with Crippen LogP contribution in [0.2, 0.25) is 0 Å². The van der Waals surface area contributed by atoms with E-state index in [1.807, 2.05) is 90.1 Å². The fourth-order valence-electron chi connectivity index (χ4n) is 8.42. The van der Waals surface area contributed by atoms with E-state index in [9.17, 15) is 14.4 Å². The van der Waals surface area contributed by atoms with Gasteiger partial charge in [0.1, 0.15) is 0 Å². The number of carbonyl (C=O) groups is 3. The van der Waals surface area contributed by atoms with Crippen LogP contribution in [0.25, 0.3) is 34.4 Å². The Labute approximate surface area is 374 Å². The standard InChI is InChI=1S/C54H49N7O3/c62-51-25-24-48(53(63)58-51)44-12-6-9-42(34-44)8-2-1-5-27-59-30-32-60(33-31-59)28-7-10-39-14-16-40(17-15-39)18-19-41-20-22-43(23-21-41)54(64)61-29-26-46-36-56-52(57-50(46)38-61)47-35-45-11-3-4-13-49(45)55-37-47/h3-4,6,9,11-23,34-37,48H,1,5,24-33,38H2,(H,58,62,63)/b19-18+. The van der Waals surface area contributed by atoms with Crippen molar-refractivity contribution in [1.82, 2.24) is 35.0 Å². The monoisotopic (exact) mass is 843 g/mol. The normalized spacial score (nSPS) is 16.7. The van der Waals surface area contributed by atoms with Gasteiger partial charge in [0.05, 0.1) is 30.2 Å². The molecule has 3 amide bonds. The lowest BCUT2D eigenvalue weighted by Crippen LogP contribution is -2.46. The molecule has 3 aliphatic heterocycles. The maximum Gasteiger partial charge on any atom is 0.254 e. The Hall–Kier alpha value is -7.24. The van der Waals surface area contributed by atoms with E-state index in [2.05, 4.69) is 91.3 Å². The predicted octanol–water partition coefficient (Wildman–Crippen LogP) is 7.38. The van der Waals surface area contributed by atoms with Gasteiger partial charge in [0.2, 0.25) is 11.8 Å². The fourth-order valence-corrected chi connectivity index (χ4v) is 8.42. The molecule has 2 aromatic heterocycles. The molecule has 2 fully saturated rings. The highest BCUT2D eigenvalue weighted by Gasteiger charge is 2.28.